The molecule has 3 saturated heterocycles. The summed E-state index contributed by atoms with van der Waals surface area (Å²) in [6.07, 6.45) is 5.93. The van der Waals surface area contributed by atoms with Crippen LogP contribution < -0.4 is 30.7 Å². The first-order valence-corrected chi connectivity index (χ1v) is 25.1. The van der Waals surface area contributed by atoms with E-state index < -0.39 is 69.0 Å². The van der Waals surface area contributed by atoms with Gasteiger partial charge in [-0.05, 0) is 69.4 Å². The topological polar surface area (TPSA) is 221 Å². The fourth-order valence-corrected chi connectivity index (χ4v) is 11.6. The first-order chi connectivity index (χ1) is 30.4. The molecule has 17 nitrogen and oxygen atoms in total. The zero-order chi connectivity index (χ0) is 46.0. The smallest absolute Gasteiger partial charge is 0.329 e. The summed E-state index contributed by atoms with van der Waals surface area (Å²) in [4.78, 5) is 67.2. The second-order valence-corrected chi connectivity index (χ2v) is 22.1. The number of carboxylic acid groups (broad SMARTS) is 1. The van der Waals surface area contributed by atoms with Crippen LogP contribution in [0.25, 0.3) is 22.3 Å². The third kappa shape index (κ3) is 10.8. The van der Waals surface area contributed by atoms with E-state index in [-0.39, 0.29) is 37.2 Å². The van der Waals surface area contributed by atoms with Gasteiger partial charge in [-0.1, -0.05) is 52.9 Å². The number of rotatable bonds is 11. The Balaban J connectivity index is 1.19. The molecule has 1 aromatic carbocycles. The average Bonchev–Trinajstić information content (AvgIpc) is 3.49. The van der Waals surface area contributed by atoms with Crippen LogP contribution in [0.4, 0.5) is 9.93 Å². The van der Waals surface area contributed by atoms with Crippen molar-refractivity contribution >= 4 is 61.2 Å². The number of nitrogens with zero attached hydrogens (tertiary/aromatic N) is 4. The van der Waals surface area contributed by atoms with E-state index in [4.69, 9.17) is 19.4 Å². The summed E-state index contributed by atoms with van der Waals surface area (Å²) in [5.74, 6) is -1.28. The van der Waals surface area contributed by atoms with E-state index in [1.165, 1.54) is 20.5 Å². The lowest BCUT2D eigenvalue weighted by Crippen LogP contribution is -2.59. The number of ether oxygens (including phenoxy) is 2. The number of fused-ring (bicyclic) bond motifs is 3. The fourth-order valence-electron chi connectivity index (χ4n) is 9.11. The summed E-state index contributed by atoms with van der Waals surface area (Å²) in [6, 6.07) is 4.06. The Morgan fingerprint density at radius 3 is 2.48 bits per heavy atom. The number of nitrogens with one attached hydrogen (secondary N) is 4. The van der Waals surface area contributed by atoms with Crippen LogP contribution in [0.15, 0.2) is 29.6 Å². The number of aromatic nitrogens is 2. The first-order valence-electron chi connectivity index (χ1n) is 22.7. The van der Waals surface area contributed by atoms with Crippen molar-refractivity contribution in [3.8, 4) is 22.9 Å². The fraction of sp³-hybridized carbons (Fsp3) is 0.644. The Kier molecular flexibility index (Phi) is 14.3. The van der Waals surface area contributed by atoms with Crippen molar-refractivity contribution in [2.45, 2.75) is 141 Å². The van der Waals surface area contributed by atoms with E-state index >= 15 is 0 Å². The summed E-state index contributed by atoms with van der Waals surface area (Å²) in [6.45, 7) is 10.3. The summed E-state index contributed by atoms with van der Waals surface area (Å²) in [7, 11) is -1.90. The number of benzene rings is 1. The minimum absolute atomic E-state index is 0.0217. The van der Waals surface area contributed by atoms with E-state index in [0.717, 1.165) is 37.2 Å². The van der Waals surface area contributed by atoms with Gasteiger partial charge in [0.1, 0.15) is 40.9 Å². The van der Waals surface area contributed by atoms with Crippen LogP contribution in [-0.4, -0.2) is 125 Å². The number of anilines is 1. The number of pyridine rings is 1. The third-order valence-electron chi connectivity index (χ3n) is 13.0. The second-order valence-electron chi connectivity index (χ2n) is 19.2. The molecule has 7 rings (SSSR count). The van der Waals surface area contributed by atoms with E-state index in [2.05, 4.69) is 21.3 Å². The van der Waals surface area contributed by atoms with Gasteiger partial charge in [-0.3, -0.25) is 9.59 Å². The lowest BCUT2D eigenvalue weighted by atomic mass is 9.86. The van der Waals surface area contributed by atoms with Gasteiger partial charge in [0.05, 0.1) is 30.6 Å². The maximum absolute atomic E-state index is 14.9. The molecular weight excluding hydrogens is 861 g/mol. The molecule has 6 atom stereocenters. The number of methoxy groups -OCH3 is 1. The van der Waals surface area contributed by atoms with Gasteiger partial charge in [0, 0.05) is 54.5 Å². The van der Waals surface area contributed by atoms with Crippen LogP contribution in [0.1, 0.15) is 105 Å². The maximum Gasteiger partial charge on any atom is 0.329 e. The minimum Gasteiger partial charge on any atom is -0.497 e. The highest BCUT2D eigenvalue weighted by Gasteiger charge is 2.62. The summed E-state index contributed by atoms with van der Waals surface area (Å²) in [5, 5.41) is 25.8. The largest absolute Gasteiger partial charge is 0.497 e. The van der Waals surface area contributed by atoms with Gasteiger partial charge in [0.15, 0.2) is 5.13 Å². The summed E-state index contributed by atoms with van der Waals surface area (Å²) in [5.41, 5.74) is -0.180. The lowest BCUT2D eigenvalue weighted by Gasteiger charge is -2.37. The Bertz CT molecular complexity index is 2320. The van der Waals surface area contributed by atoms with Crippen molar-refractivity contribution < 1.29 is 42.2 Å². The molecule has 5 heterocycles. The molecule has 19 heteroatoms. The zero-order valence-electron chi connectivity index (χ0n) is 37.8. The Hall–Kier alpha value is -4.75. The quantitative estimate of drug-likeness (QED) is 0.155. The number of aliphatic carboxylic acids is 1. The average molecular weight is 925 g/mol. The molecule has 1 aliphatic carbocycles. The van der Waals surface area contributed by atoms with Crippen LogP contribution in [0.5, 0.6) is 11.5 Å². The van der Waals surface area contributed by atoms with Crippen molar-refractivity contribution in [3.05, 3.63) is 29.6 Å². The van der Waals surface area contributed by atoms with Crippen LogP contribution in [0.3, 0.4) is 0 Å². The van der Waals surface area contributed by atoms with E-state index in [9.17, 15) is 32.7 Å². The highest BCUT2D eigenvalue weighted by atomic mass is 32.2. The molecule has 3 aliphatic heterocycles. The molecule has 4 fully saturated rings. The number of carbonyl (C=O) groups excluding carboxylic acids is 3. The second kappa shape index (κ2) is 19.4. The van der Waals surface area contributed by atoms with Gasteiger partial charge in [0.2, 0.25) is 21.8 Å². The number of sulfonamides is 1. The molecule has 0 bridgehead atoms. The van der Waals surface area contributed by atoms with Gasteiger partial charge in [-0.2, -0.15) is 4.31 Å². The summed E-state index contributed by atoms with van der Waals surface area (Å²) < 4.78 is 39.7. The Labute approximate surface area is 379 Å². The number of hydrogen-bond donors (Lipinski definition) is 5. The summed E-state index contributed by atoms with van der Waals surface area (Å²) >= 11 is 1.45. The van der Waals surface area contributed by atoms with Gasteiger partial charge < -0.3 is 40.7 Å². The molecule has 4 amide bonds. The highest BCUT2D eigenvalue weighted by molar-refractivity contribution is 7.89. The maximum atomic E-state index is 14.9. The van der Waals surface area contributed by atoms with Crippen LogP contribution in [0, 0.1) is 11.3 Å². The predicted octanol–water partition coefficient (Wildman–Crippen LogP) is 5.75. The molecule has 2 unspecified atom stereocenters. The number of urea groups is 1. The van der Waals surface area contributed by atoms with Gasteiger partial charge in [-0.25, -0.2) is 28.0 Å². The molecule has 4 aliphatic rings. The van der Waals surface area contributed by atoms with Gasteiger partial charge >= 0.3 is 12.0 Å². The van der Waals surface area contributed by atoms with E-state index in [1.807, 2.05) is 46.1 Å². The van der Waals surface area contributed by atoms with Crippen molar-refractivity contribution in [3.63, 3.8) is 0 Å². The van der Waals surface area contributed by atoms with Crippen LogP contribution >= 0.6 is 11.3 Å². The normalized spacial score (nSPS) is 26.1. The lowest BCUT2D eigenvalue weighted by molar-refractivity contribution is -0.145. The molecule has 0 radical (unpaired) electrons. The molecule has 350 valence electrons. The molecular formula is C45H64N8O9S2. The highest BCUT2D eigenvalue weighted by Crippen LogP contribution is 2.48. The van der Waals surface area contributed by atoms with Crippen molar-refractivity contribution in [2.75, 3.05) is 37.8 Å². The number of carbonyl (C=O) groups is 4. The minimum atomic E-state index is -3.47. The molecule has 3 aromatic rings. The predicted molar refractivity (Wildman–Crippen MR) is 245 cm³/mol. The van der Waals surface area contributed by atoms with Crippen LogP contribution in [0.2, 0.25) is 0 Å². The van der Waals surface area contributed by atoms with Crippen molar-refractivity contribution in [2.24, 2.45) is 11.3 Å². The SMILES string of the molecule is COc1ccc2c(O[C@@H]3C[C@H]4C(=O)N[C@]5(C(=O)O)CC5CCCCCCC[C@H](NC(=O)NC(CN5CCCCS5(=O)=O)C(C)(C)C)C(=O)N4C3)cc(-c3csc(NC(C)C)n3)nc2c1. The molecule has 64 heavy (non-hydrogen) atoms. The third-order valence-corrected chi connectivity index (χ3v) is 15.7. The van der Waals surface area contributed by atoms with E-state index in [0.29, 0.717) is 72.4 Å². The number of amides is 4. The first kappa shape index (κ1) is 47.2. The van der Waals surface area contributed by atoms with Crippen LogP contribution in [-0.2, 0) is 24.4 Å². The molecule has 2 aromatic heterocycles. The number of carboxylic acids is 1. The zero-order valence-corrected chi connectivity index (χ0v) is 39.4. The van der Waals surface area contributed by atoms with E-state index in [1.54, 1.807) is 25.3 Å². The standard InChI is InChI=1S/C45H64N8O9S2/c1-27(2)46-43-49-35(26-63-43)34-22-37(31-17-16-29(61-6)20-33(31)47-34)62-30-21-36-39(54)51-45(41(56)57)23-28(45)14-10-8-7-9-11-15-32(40(55)53(36)24-30)48-42(58)50-38(44(3,4)5)25-52-18-12-13-19-64(52,59)60/h16-17,20,22,26-28,30,32,36,38H,7-15,18-19,21,23-25H2,1-6H3,(H,46,49)(H,51,54)(H,56,57)(H2,48,50,58)/t28?,30-,32+,36+,38?,45-/m1/s1. The van der Waals surface area contributed by atoms with Crippen molar-refractivity contribution in [1.29, 1.82) is 0 Å². The molecule has 0 spiro atoms. The molecule has 1 saturated carbocycles. The van der Waals surface area contributed by atoms with Gasteiger partial charge in [0.25, 0.3) is 0 Å². The monoisotopic (exact) mass is 924 g/mol. The Morgan fingerprint density at radius 1 is 1.03 bits per heavy atom. The number of hydrogen-bond acceptors (Lipinski definition) is 12. The van der Waals surface area contributed by atoms with Gasteiger partial charge in [-0.15, -0.1) is 11.3 Å². The molecule has 5 N–H and O–H groups in total. The number of thiazole rings is 1. The van der Waals surface area contributed by atoms with Crippen molar-refractivity contribution in [1.82, 2.24) is 35.1 Å². The Morgan fingerprint density at radius 2 is 1.78 bits per heavy atom.